The zero-order valence-electron chi connectivity index (χ0n) is 17.1. The average Bonchev–Trinajstić information content (AvgIpc) is 3.20. The predicted molar refractivity (Wildman–Crippen MR) is 118 cm³/mol. The van der Waals surface area contributed by atoms with Crippen LogP contribution in [0.5, 0.6) is 5.75 Å². The molecule has 0 spiro atoms. The molecule has 0 saturated carbocycles. The second-order valence-electron chi connectivity index (χ2n) is 6.96. The fourth-order valence-electron chi connectivity index (χ4n) is 3.46. The van der Waals surface area contributed by atoms with Crippen molar-refractivity contribution < 1.29 is 18.7 Å². The lowest BCUT2D eigenvalue weighted by Gasteiger charge is -2.07. The van der Waals surface area contributed by atoms with Crippen LogP contribution in [0.4, 0.5) is 0 Å². The molecule has 0 N–H and O–H groups in total. The highest BCUT2D eigenvalue weighted by molar-refractivity contribution is 6.06. The first-order chi connectivity index (χ1) is 14.6. The van der Waals surface area contributed by atoms with Gasteiger partial charge in [0.1, 0.15) is 22.8 Å². The fraction of sp³-hybridized carbons (Fsp3) is 0.115. The van der Waals surface area contributed by atoms with E-state index in [1.54, 1.807) is 7.11 Å². The van der Waals surface area contributed by atoms with Crippen molar-refractivity contribution in [2.75, 3.05) is 14.2 Å². The smallest absolute Gasteiger partial charge is 0.342 e. The van der Waals surface area contributed by atoms with Gasteiger partial charge in [0.2, 0.25) is 0 Å². The third-order valence-electron chi connectivity index (χ3n) is 5.03. The van der Waals surface area contributed by atoms with Gasteiger partial charge in [-0.2, -0.15) is 0 Å². The van der Waals surface area contributed by atoms with E-state index in [0.717, 1.165) is 28.0 Å². The lowest BCUT2D eigenvalue weighted by molar-refractivity contribution is 0.0602. The summed E-state index contributed by atoms with van der Waals surface area (Å²) in [7, 11) is 3.01. The van der Waals surface area contributed by atoms with Gasteiger partial charge < -0.3 is 13.9 Å². The third-order valence-corrected chi connectivity index (χ3v) is 5.03. The van der Waals surface area contributed by atoms with Crippen LogP contribution in [-0.4, -0.2) is 20.2 Å². The van der Waals surface area contributed by atoms with E-state index in [4.69, 9.17) is 13.9 Å². The quantitative estimate of drug-likeness (QED) is 0.366. The lowest BCUT2D eigenvalue weighted by atomic mass is 9.95. The van der Waals surface area contributed by atoms with Crippen molar-refractivity contribution >= 4 is 5.97 Å². The average molecular weight is 398 g/mol. The summed E-state index contributed by atoms with van der Waals surface area (Å²) >= 11 is 0. The molecule has 4 nitrogen and oxygen atoms in total. The monoisotopic (exact) mass is 398 g/mol. The molecule has 0 amide bonds. The Kier molecular flexibility index (Phi) is 5.40. The van der Waals surface area contributed by atoms with Gasteiger partial charge in [0.15, 0.2) is 0 Å². The maximum absolute atomic E-state index is 12.9. The minimum atomic E-state index is -0.437. The minimum Gasteiger partial charge on any atom is -0.497 e. The van der Waals surface area contributed by atoms with Crippen molar-refractivity contribution in [3.05, 3.63) is 90.0 Å². The number of rotatable bonds is 5. The summed E-state index contributed by atoms with van der Waals surface area (Å²) < 4.78 is 16.8. The number of benzene rings is 3. The molecule has 0 atom stereocenters. The van der Waals surface area contributed by atoms with Crippen molar-refractivity contribution in [1.82, 2.24) is 0 Å². The molecule has 0 aliphatic carbocycles. The van der Waals surface area contributed by atoms with Gasteiger partial charge in [-0.3, -0.25) is 0 Å². The molecule has 4 heteroatoms. The first kappa shape index (κ1) is 19.5. The number of aryl methyl sites for hydroxylation is 1. The summed E-state index contributed by atoms with van der Waals surface area (Å²) in [6.45, 7) is 2.03. The summed E-state index contributed by atoms with van der Waals surface area (Å²) in [5, 5.41) is 0. The van der Waals surface area contributed by atoms with E-state index in [9.17, 15) is 4.79 Å². The van der Waals surface area contributed by atoms with Gasteiger partial charge in [0, 0.05) is 16.7 Å². The van der Waals surface area contributed by atoms with E-state index in [1.165, 1.54) is 7.11 Å². The molecular formula is C26H22O4. The second-order valence-corrected chi connectivity index (χ2v) is 6.96. The summed E-state index contributed by atoms with van der Waals surface area (Å²) in [6.07, 6.45) is 0. The lowest BCUT2D eigenvalue weighted by Crippen LogP contribution is -2.03. The molecule has 0 fully saturated rings. The van der Waals surface area contributed by atoms with E-state index >= 15 is 0 Å². The molecule has 4 aromatic rings. The zero-order chi connectivity index (χ0) is 21.1. The SMILES string of the molecule is COC(=O)c1c(-c2ccccc2)oc(-c2ccc(OC)cc2)c1-c1ccc(C)cc1. The Hall–Kier alpha value is -3.79. The van der Waals surface area contributed by atoms with Crippen LogP contribution in [0.2, 0.25) is 0 Å². The number of hydrogen-bond donors (Lipinski definition) is 0. The van der Waals surface area contributed by atoms with Crippen molar-refractivity contribution in [1.29, 1.82) is 0 Å². The van der Waals surface area contributed by atoms with E-state index < -0.39 is 5.97 Å². The molecule has 1 aromatic heterocycles. The molecule has 4 rings (SSSR count). The van der Waals surface area contributed by atoms with E-state index in [0.29, 0.717) is 22.6 Å². The number of furan rings is 1. The number of esters is 1. The number of carbonyl (C=O) groups is 1. The van der Waals surface area contributed by atoms with Gasteiger partial charge in [-0.15, -0.1) is 0 Å². The van der Waals surface area contributed by atoms with Crippen LogP contribution in [0.25, 0.3) is 33.8 Å². The highest BCUT2D eigenvalue weighted by Gasteiger charge is 2.29. The first-order valence-electron chi connectivity index (χ1n) is 9.64. The largest absolute Gasteiger partial charge is 0.497 e. The normalized spacial score (nSPS) is 10.6. The van der Waals surface area contributed by atoms with E-state index in [1.807, 2.05) is 85.8 Å². The van der Waals surface area contributed by atoms with Crippen LogP contribution in [0.15, 0.2) is 83.3 Å². The number of ether oxygens (including phenoxy) is 2. The van der Waals surface area contributed by atoms with Crippen molar-refractivity contribution in [2.45, 2.75) is 6.92 Å². The molecule has 1 heterocycles. The van der Waals surface area contributed by atoms with Gasteiger partial charge in [-0.25, -0.2) is 4.79 Å². The molecule has 0 aliphatic heterocycles. The Morgan fingerprint density at radius 1 is 0.733 bits per heavy atom. The van der Waals surface area contributed by atoms with Gasteiger partial charge >= 0.3 is 5.97 Å². The summed E-state index contributed by atoms with van der Waals surface area (Å²) in [5.41, 5.74) is 4.81. The van der Waals surface area contributed by atoms with Gasteiger partial charge in [-0.1, -0.05) is 60.2 Å². The molecule has 0 unspecified atom stereocenters. The molecule has 150 valence electrons. The van der Waals surface area contributed by atoms with Gasteiger partial charge in [-0.05, 0) is 36.8 Å². The van der Waals surface area contributed by atoms with E-state index in [2.05, 4.69) is 0 Å². The van der Waals surface area contributed by atoms with Crippen LogP contribution in [-0.2, 0) is 4.74 Å². The van der Waals surface area contributed by atoms with E-state index in [-0.39, 0.29) is 0 Å². The highest BCUT2D eigenvalue weighted by Crippen LogP contribution is 2.43. The maximum Gasteiger partial charge on any atom is 0.342 e. The molecule has 0 bridgehead atoms. The van der Waals surface area contributed by atoms with Crippen molar-refractivity contribution in [2.24, 2.45) is 0 Å². The summed E-state index contributed by atoms with van der Waals surface area (Å²) in [6, 6.07) is 25.2. The Morgan fingerprint density at radius 2 is 1.33 bits per heavy atom. The topological polar surface area (TPSA) is 48.7 Å². The molecule has 0 radical (unpaired) electrons. The van der Waals surface area contributed by atoms with Gasteiger partial charge in [0.25, 0.3) is 0 Å². The highest BCUT2D eigenvalue weighted by atomic mass is 16.5. The Balaban J connectivity index is 2.03. The number of methoxy groups -OCH3 is 2. The second kappa shape index (κ2) is 8.29. The van der Waals surface area contributed by atoms with Crippen molar-refractivity contribution in [3.63, 3.8) is 0 Å². The van der Waals surface area contributed by atoms with Crippen LogP contribution >= 0.6 is 0 Å². The predicted octanol–water partition coefficient (Wildman–Crippen LogP) is 6.38. The first-order valence-corrected chi connectivity index (χ1v) is 9.64. The molecule has 30 heavy (non-hydrogen) atoms. The molecular weight excluding hydrogens is 376 g/mol. The van der Waals surface area contributed by atoms with Crippen LogP contribution < -0.4 is 4.74 Å². The van der Waals surface area contributed by atoms with Crippen LogP contribution in [0.1, 0.15) is 15.9 Å². The zero-order valence-corrected chi connectivity index (χ0v) is 17.1. The summed E-state index contributed by atoms with van der Waals surface area (Å²) in [4.78, 5) is 12.9. The molecule has 3 aromatic carbocycles. The standard InChI is InChI=1S/C26H22O4/c1-17-9-11-18(12-10-17)22-23(26(27)29-3)25(19-7-5-4-6-8-19)30-24(22)20-13-15-21(28-2)16-14-20/h4-16H,1-3H3. The minimum absolute atomic E-state index is 0.415. The Bertz CT molecular complexity index is 1150. The fourth-order valence-corrected chi connectivity index (χ4v) is 3.46. The summed E-state index contributed by atoms with van der Waals surface area (Å²) in [5.74, 6) is 1.41. The van der Waals surface area contributed by atoms with Crippen molar-refractivity contribution in [3.8, 4) is 39.5 Å². The number of carbonyl (C=O) groups excluding carboxylic acids is 1. The van der Waals surface area contributed by atoms with Crippen LogP contribution in [0, 0.1) is 6.92 Å². The van der Waals surface area contributed by atoms with Gasteiger partial charge in [0.05, 0.1) is 14.2 Å². The Labute approximate surface area is 175 Å². The van der Waals surface area contributed by atoms with Crippen LogP contribution in [0.3, 0.4) is 0 Å². The number of hydrogen-bond acceptors (Lipinski definition) is 4. The Morgan fingerprint density at radius 3 is 1.93 bits per heavy atom. The maximum atomic E-state index is 12.9. The molecule has 0 aliphatic rings. The molecule has 0 saturated heterocycles. The third kappa shape index (κ3) is 3.60.